The molecule has 0 bridgehead atoms. The average Bonchev–Trinajstić information content (AvgIpc) is 2.15. The molecule has 1 unspecified atom stereocenters. The van der Waals surface area contributed by atoms with Crippen molar-refractivity contribution in [3.05, 3.63) is 0 Å². The molecule has 3 heteroatoms. The van der Waals surface area contributed by atoms with Crippen molar-refractivity contribution < 1.29 is 9.90 Å². The largest absolute Gasteiger partial charge is 0.395 e. The summed E-state index contributed by atoms with van der Waals surface area (Å²) in [4.78, 5) is 10.9. The highest BCUT2D eigenvalue weighted by molar-refractivity contribution is 8.14. The maximum absolute atomic E-state index is 10.9. The van der Waals surface area contributed by atoms with Crippen molar-refractivity contribution in [2.45, 2.75) is 13.3 Å². The lowest BCUT2D eigenvalue weighted by Gasteiger charge is -2.15. The molecule has 1 N–H and O–H groups in total. The Balaban J connectivity index is 2.67. The molecule has 52 valence electrons. The number of carbonyl (C=O) groups excluding carboxylic acids is 1. The van der Waals surface area contributed by atoms with Crippen LogP contribution in [0.15, 0.2) is 0 Å². The number of hydrogen-bond acceptors (Lipinski definition) is 3. The molecule has 1 aliphatic rings. The molecular formula is C6H10O2S. The average molecular weight is 146 g/mol. The lowest BCUT2D eigenvalue weighted by molar-refractivity contribution is -0.120. The summed E-state index contributed by atoms with van der Waals surface area (Å²) in [6.07, 6.45) is 0.826. The van der Waals surface area contributed by atoms with Gasteiger partial charge in [0, 0.05) is 5.75 Å². The van der Waals surface area contributed by atoms with Crippen LogP contribution in [-0.2, 0) is 4.79 Å². The second kappa shape index (κ2) is 2.31. The standard InChI is InChI=1S/C6H10O2S/c1-6(4-7)2-3-9-5(6)8/h7H,2-4H2,1H3. The minimum Gasteiger partial charge on any atom is -0.395 e. The quantitative estimate of drug-likeness (QED) is 0.590. The molecule has 0 saturated carbocycles. The van der Waals surface area contributed by atoms with Crippen LogP contribution in [0.2, 0.25) is 0 Å². The first-order valence-electron chi connectivity index (χ1n) is 2.97. The molecule has 2 nitrogen and oxygen atoms in total. The summed E-state index contributed by atoms with van der Waals surface area (Å²) in [5.74, 6) is 0.871. The predicted molar refractivity (Wildman–Crippen MR) is 37.3 cm³/mol. The number of thioether (sulfide) groups is 1. The van der Waals surface area contributed by atoms with E-state index in [2.05, 4.69) is 0 Å². The lowest BCUT2D eigenvalue weighted by atomic mass is 9.91. The summed E-state index contributed by atoms with van der Waals surface area (Å²) in [5.41, 5.74) is -0.426. The van der Waals surface area contributed by atoms with E-state index in [0.29, 0.717) is 0 Å². The fourth-order valence-electron chi connectivity index (χ4n) is 0.789. The van der Waals surface area contributed by atoms with Crippen molar-refractivity contribution in [3.8, 4) is 0 Å². The van der Waals surface area contributed by atoms with Gasteiger partial charge in [0.05, 0.1) is 12.0 Å². The first-order valence-corrected chi connectivity index (χ1v) is 3.96. The highest BCUT2D eigenvalue weighted by Crippen LogP contribution is 2.36. The maximum atomic E-state index is 10.9. The lowest BCUT2D eigenvalue weighted by Crippen LogP contribution is -2.24. The Labute approximate surface area is 58.6 Å². The van der Waals surface area contributed by atoms with Gasteiger partial charge in [-0.15, -0.1) is 0 Å². The Hall–Kier alpha value is -0.0200. The van der Waals surface area contributed by atoms with Gasteiger partial charge in [0.25, 0.3) is 0 Å². The van der Waals surface area contributed by atoms with Crippen molar-refractivity contribution in [3.63, 3.8) is 0 Å². The van der Waals surface area contributed by atoms with Gasteiger partial charge in [0.15, 0.2) is 5.12 Å². The van der Waals surface area contributed by atoms with Gasteiger partial charge in [0.2, 0.25) is 0 Å². The number of rotatable bonds is 1. The van der Waals surface area contributed by atoms with Crippen molar-refractivity contribution >= 4 is 16.9 Å². The molecule has 9 heavy (non-hydrogen) atoms. The van der Waals surface area contributed by atoms with E-state index in [1.807, 2.05) is 6.92 Å². The van der Waals surface area contributed by atoms with Crippen molar-refractivity contribution in [2.24, 2.45) is 5.41 Å². The molecule has 1 heterocycles. The highest BCUT2D eigenvalue weighted by Gasteiger charge is 2.37. The molecule has 0 aliphatic carbocycles. The third-order valence-electron chi connectivity index (χ3n) is 1.73. The monoisotopic (exact) mass is 146 g/mol. The summed E-state index contributed by atoms with van der Waals surface area (Å²) < 4.78 is 0. The van der Waals surface area contributed by atoms with Crippen LogP contribution in [0.25, 0.3) is 0 Å². The molecule has 1 atom stereocenters. The van der Waals surface area contributed by atoms with E-state index >= 15 is 0 Å². The summed E-state index contributed by atoms with van der Waals surface area (Å²) >= 11 is 1.33. The normalized spacial score (nSPS) is 35.6. The minimum atomic E-state index is -0.426. The van der Waals surface area contributed by atoms with E-state index in [1.165, 1.54) is 11.8 Å². The number of aliphatic hydroxyl groups is 1. The third-order valence-corrected chi connectivity index (χ3v) is 2.89. The van der Waals surface area contributed by atoms with Crippen molar-refractivity contribution in [1.82, 2.24) is 0 Å². The first kappa shape index (κ1) is 7.09. The highest BCUT2D eigenvalue weighted by atomic mass is 32.2. The van der Waals surface area contributed by atoms with Gasteiger partial charge in [-0.2, -0.15) is 0 Å². The minimum absolute atomic E-state index is 0.00116. The summed E-state index contributed by atoms with van der Waals surface area (Å²) in [5, 5.41) is 8.91. The number of aliphatic hydroxyl groups excluding tert-OH is 1. The second-order valence-electron chi connectivity index (χ2n) is 2.60. The molecule has 1 fully saturated rings. The van der Waals surface area contributed by atoms with Crippen LogP contribution < -0.4 is 0 Å². The topological polar surface area (TPSA) is 37.3 Å². The maximum Gasteiger partial charge on any atom is 0.197 e. The van der Waals surface area contributed by atoms with Crippen LogP contribution in [0.5, 0.6) is 0 Å². The fourth-order valence-corrected chi connectivity index (χ4v) is 2.04. The molecule has 0 aromatic rings. The predicted octanol–water partition coefficient (Wildman–Crippen LogP) is 0.648. The Morgan fingerprint density at radius 3 is 2.78 bits per heavy atom. The molecule has 0 amide bonds. The van der Waals surface area contributed by atoms with Crippen LogP contribution in [-0.4, -0.2) is 22.6 Å². The van der Waals surface area contributed by atoms with E-state index in [4.69, 9.17) is 5.11 Å². The molecule has 0 spiro atoms. The van der Waals surface area contributed by atoms with Gasteiger partial charge in [-0.05, 0) is 13.3 Å². The Morgan fingerprint density at radius 2 is 2.56 bits per heavy atom. The van der Waals surface area contributed by atoms with Gasteiger partial charge >= 0.3 is 0 Å². The summed E-state index contributed by atoms with van der Waals surface area (Å²) in [6, 6.07) is 0. The number of hydrogen-bond donors (Lipinski definition) is 1. The zero-order valence-corrected chi connectivity index (χ0v) is 6.20. The van der Waals surface area contributed by atoms with Gasteiger partial charge in [-0.25, -0.2) is 0 Å². The molecule has 1 rings (SSSR count). The smallest absolute Gasteiger partial charge is 0.197 e. The molecule has 0 aromatic carbocycles. The van der Waals surface area contributed by atoms with E-state index in [0.717, 1.165) is 12.2 Å². The Bertz CT molecular complexity index is 135. The molecule has 0 aromatic heterocycles. The molecule has 1 saturated heterocycles. The van der Waals surface area contributed by atoms with Gasteiger partial charge in [0.1, 0.15) is 0 Å². The van der Waals surface area contributed by atoms with Crippen LogP contribution in [0.1, 0.15) is 13.3 Å². The Kier molecular flexibility index (Phi) is 1.82. The first-order chi connectivity index (χ1) is 4.19. The van der Waals surface area contributed by atoms with Gasteiger partial charge in [-0.1, -0.05) is 11.8 Å². The summed E-state index contributed by atoms with van der Waals surface area (Å²) in [6.45, 7) is 1.81. The second-order valence-corrected chi connectivity index (χ2v) is 3.67. The van der Waals surface area contributed by atoms with E-state index in [1.54, 1.807) is 0 Å². The molecule has 0 radical (unpaired) electrons. The fraction of sp³-hybridized carbons (Fsp3) is 0.833. The van der Waals surface area contributed by atoms with E-state index < -0.39 is 5.41 Å². The van der Waals surface area contributed by atoms with Gasteiger partial charge in [-0.3, -0.25) is 4.79 Å². The van der Waals surface area contributed by atoms with Crippen LogP contribution in [0, 0.1) is 5.41 Å². The van der Waals surface area contributed by atoms with Crippen LogP contribution >= 0.6 is 11.8 Å². The van der Waals surface area contributed by atoms with Crippen molar-refractivity contribution in [1.29, 1.82) is 0 Å². The van der Waals surface area contributed by atoms with Crippen LogP contribution in [0.4, 0.5) is 0 Å². The van der Waals surface area contributed by atoms with Crippen LogP contribution in [0.3, 0.4) is 0 Å². The van der Waals surface area contributed by atoms with E-state index in [9.17, 15) is 4.79 Å². The Morgan fingerprint density at radius 1 is 1.89 bits per heavy atom. The molecular weight excluding hydrogens is 136 g/mol. The summed E-state index contributed by atoms with van der Waals surface area (Å²) in [7, 11) is 0. The number of carbonyl (C=O) groups is 1. The third kappa shape index (κ3) is 1.12. The zero-order valence-electron chi connectivity index (χ0n) is 5.39. The van der Waals surface area contributed by atoms with E-state index in [-0.39, 0.29) is 11.7 Å². The molecule has 1 aliphatic heterocycles. The van der Waals surface area contributed by atoms with Crippen molar-refractivity contribution in [2.75, 3.05) is 12.4 Å². The SMILES string of the molecule is CC1(CO)CCSC1=O. The van der Waals surface area contributed by atoms with Gasteiger partial charge < -0.3 is 5.11 Å². The zero-order chi connectivity index (χ0) is 6.91.